The van der Waals surface area contributed by atoms with E-state index < -0.39 is 0 Å². The van der Waals surface area contributed by atoms with Crippen molar-refractivity contribution in [3.8, 4) is 0 Å². The van der Waals surface area contributed by atoms with Crippen molar-refractivity contribution in [2.75, 3.05) is 0 Å². The summed E-state index contributed by atoms with van der Waals surface area (Å²) in [5.74, 6) is 6.09. The minimum absolute atomic E-state index is 0.398. The Morgan fingerprint density at radius 2 is 2.06 bits per heavy atom. The van der Waals surface area contributed by atoms with Gasteiger partial charge in [0.05, 0.1) is 23.3 Å². The lowest BCUT2D eigenvalue weighted by atomic mass is 10.3. The number of benzene rings is 1. The van der Waals surface area contributed by atoms with Crippen molar-refractivity contribution in [2.45, 2.75) is 18.9 Å². The van der Waals surface area contributed by atoms with Crippen LogP contribution in [-0.2, 0) is 0 Å². The molecule has 0 saturated heterocycles. The monoisotopic (exact) mass is 227 g/mol. The van der Waals surface area contributed by atoms with Crippen LogP contribution >= 0.6 is 0 Å². The molecule has 1 aromatic heterocycles. The van der Waals surface area contributed by atoms with E-state index in [1.165, 1.54) is 0 Å². The molecule has 0 aliphatic heterocycles. The van der Waals surface area contributed by atoms with Gasteiger partial charge >= 0.3 is 0 Å². The predicted molar refractivity (Wildman–Crippen MR) is 66.4 cm³/mol. The largest absolute Gasteiger partial charge is 0.307 e. The summed E-state index contributed by atoms with van der Waals surface area (Å²) in [4.78, 5) is 13.3. The number of hydrogen-bond donors (Lipinski definition) is 2. The molecule has 0 amide bonds. The number of hydrogen-bond acceptors (Lipinski definition) is 4. The first-order valence-electron chi connectivity index (χ1n) is 5.63. The Bertz CT molecular complexity index is 574. The van der Waals surface area contributed by atoms with Crippen LogP contribution in [0.25, 0.3) is 11.0 Å². The smallest absolute Gasteiger partial charge is 0.163 e. The van der Waals surface area contributed by atoms with Gasteiger partial charge in [0.1, 0.15) is 5.69 Å². The van der Waals surface area contributed by atoms with Gasteiger partial charge in [-0.05, 0) is 25.0 Å². The van der Waals surface area contributed by atoms with Crippen LogP contribution in [0.5, 0.6) is 0 Å². The fraction of sp³-hybridized carbons (Fsp3) is 0.250. The zero-order chi connectivity index (χ0) is 11.7. The summed E-state index contributed by atoms with van der Waals surface area (Å²) in [5, 5.41) is 0. The number of nitrogens with zero attached hydrogens (tertiary/aromatic N) is 3. The summed E-state index contributed by atoms with van der Waals surface area (Å²) in [7, 11) is 0. The Balaban J connectivity index is 2.04. The van der Waals surface area contributed by atoms with Gasteiger partial charge in [-0.15, -0.1) is 0 Å². The maximum absolute atomic E-state index is 5.48. The average molecular weight is 227 g/mol. The lowest BCUT2D eigenvalue weighted by Crippen LogP contribution is -2.32. The second-order valence-corrected chi connectivity index (χ2v) is 4.10. The minimum atomic E-state index is 0.398. The first-order valence-corrected chi connectivity index (χ1v) is 5.63. The molecule has 1 aromatic carbocycles. The Morgan fingerprint density at radius 1 is 1.29 bits per heavy atom. The van der Waals surface area contributed by atoms with E-state index in [2.05, 4.69) is 20.4 Å². The van der Waals surface area contributed by atoms with Crippen molar-refractivity contribution in [3.05, 3.63) is 36.2 Å². The van der Waals surface area contributed by atoms with Crippen molar-refractivity contribution in [3.63, 3.8) is 0 Å². The Kier molecular flexibility index (Phi) is 2.45. The standard InChI is InChI=1S/C12H13N5/c13-17-12(15-8-5-6-8)11-7-14-9-3-1-2-4-10(9)16-11/h1-4,7-8H,5-6,13H2,(H,15,17). The number of rotatable bonds is 2. The van der Waals surface area contributed by atoms with Gasteiger partial charge in [-0.25, -0.2) is 10.8 Å². The molecule has 3 N–H and O–H groups in total. The molecular formula is C12H13N5. The summed E-state index contributed by atoms with van der Waals surface area (Å²) in [6.45, 7) is 0. The third kappa shape index (κ3) is 2.09. The average Bonchev–Trinajstić information content (AvgIpc) is 3.19. The molecule has 3 rings (SSSR count). The molecule has 0 radical (unpaired) electrons. The highest BCUT2D eigenvalue weighted by Crippen LogP contribution is 2.24. The van der Waals surface area contributed by atoms with Gasteiger partial charge in [0, 0.05) is 0 Å². The van der Waals surface area contributed by atoms with Gasteiger partial charge in [-0.1, -0.05) is 12.1 Å². The highest BCUT2D eigenvalue weighted by atomic mass is 15.3. The summed E-state index contributed by atoms with van der Waals surface area (Å²) >= 11 is 0. The van der Waals surface area contributed by atoms with Crippen LogP contribution in [0.2, 0.25) is 0 Å². The van der Waals surface area contributed by atoms with E-state index in [1.807, 2.05) is 24.3 Å². The number of fused-ring (bicyclic) bond motifs is 1. The zero-order valence-corrected chi connectivity index (χ0v) is 9.30. The molecule has 86 valence electrons. The van der Waals surface area contributed by atoms with Crippen molar-refractivity contribution < 1.29 is 0 Å². The van der Waals surface area contributed by atoms with Gasteiger partial charge in [-0.3, -0.25) is 9.98 Å². The van der Waals surface area contributed by atoms with Crippen LogP contribution in [0.1, 0.15) is 18.5 Å². The number of nitrogens with two attached hydrogens (primary N) is 1. The van der Waals surface area contributed by atoms with E-state index in [4.69, 9.17) is 5.84 Å². The van der Waals surface area contributed by atoms with Gasteiger partial charge in [-0.2, -0.15) is 0 Å². The minimum Gasteiger partial charge on any atom is -0.307 e. The summed E-state index contributed by atoms with van der Waals surface area (Å²) in [6, 6.07) is 8.14. The highest BCUT2D eigenvalue weighted by Gasteiger charge is 2.21. The number of para-hydroxylation sites is 2. The number of aliphatic imine (C=N–C) groups is 1. The van der Waals surface area contributed by atoms with Crippen LogP contribution in [0.15, 0.2) is 35.5 Å². The van der Waals surface area contributed by atoms with Gasteiger partial charge in [0.2, 0.25) is 0 Å². The molecule has 5 heteroatoms. The Hall–Kier alpha value is -2.01. The fourth-order valence-electron chi connectivity index (χ4n) is 1.63. The van der Waals surface area contributed by atoms with Crippen molar-refractivity contribution in [1.82, 2.24) is 15.4 Å². The van der Waals surface area contributed by atoms with Gasteiger partial charge in [0.25, 0.3) is 0 Å². The van der Waals surface area contributed by atoms with E-state index in [-0.39, 0.29) is 0 Å². The number of amidine groups is 1. The predicted octanol–water partition coefficient (Wildman–Crippen LogP) is 1.00. The molecule has 1 aliphatic carbocycles. The first-order chi connectivity index (χ1) is 8.36. The van der Waals surface area contributed by atoms with Crippen molar-refractivity contribution in [1.29, 1.82) is 0 Å². The molecule has 0 spiro atoms. The Morgan fingerprint density at radius 3 is 2.76 bits per heavy atom. The lowest BCUT2D eigenvalue weighted by molar-refractivity contribution is 0.961. The van der Waals surface area contributed by atoms with Crippen molar-refractivity contribution >= 4 is 16.9 Å². The van der Waals surface area contributed by atoms with Crippen LogP contribution in [0, 0.1) is 0 Å². The lowest BCUT2D eigenvalue weighted by Gasteiger charge is -2.05. The molecule has 1 aliphatic rings. The second-order valence-electron chi connectivity index (χ2n) is 4.10. The SMILES string of the molecule is NNC(=NC1CC1)c1cnc2ccccc2n1. The number of aromatic nitrogens is 2. The van der Waals surface area contributed by atoms with Crippen LogP contribution in [0.3, 0.4) is 0 Å². The molecule has 0 unspecified atom stereocenters. The second kappa shape index (κ2) is 4.10. The molecule has 0 bridgehead atoms. The topological polar surface area (TPSA) is 76.2 Å². The molecule has 17 heavy (non-hydrogen) atoms. The summed E-state index contributed by atoms with van der Waals surface area (Å²) in [6.07, 6.45) is 3.96. The first kappa shape index (κ1) is 10.2. The fourth-order valence-corrected chi connectivity index (χ4v) is 1.63. The molecule has 0 atom stereocenters. The summed E-state index contributed by atoms with van der Waals surface area (Å²) < 4.78 is 0. The normalized spacial score (nSPS) is 16.2. The molecule has 5 nitrogen and oxygen atoms in total. The van der Waals surface area contributed by atoms with Gasteiger partial charge < -0.3 is 5.43 Å². The maximum Gasteiger partial charge on any atom is 0.163 e. The van der Waals surface area contributed by atoms with E-state index in [1.54, 1.807) is 6.20 Å². The molecule has 2 aromatic rings. The van der Waals surface area contributed by atoms with Crippen LogP contribution in [-0.4, -0.2) is 21.8 Å². The number of nitrogens with one attached hydrogen (secondary N) is 1. The molecule has 1 heterocycles. The Labute approximate surface area is 98.8 Å². The van der Waals surface area contributed by atoms with Crippen LogP contribution in [0.4, 0.5) is 0 Å². The quantitative estimate of drug-likeness (QED) is 0.347. The highest BCUT2D eigenvalue weighted by molar-refractivity contribution is 5.97. The van der Waals surface area contributed by atoms with E-state index in [0.717, 1.165) is 23.9 Å². The molecule has 1 fully saturated rings. The third-order valence-corrected chi connectivity index (χ3v) is 2.69. The zero-order valence-electron chi connectivity index (χ0n) is 9.30. The summed E-state index contributed by atoms with van der Waals surface area (Å²) in [5.41, 5.74) is 5.02. The van der Waals surface area contributed by atoms with E-state index >= 15 is 0 Å². The molecular weight excluding hydrogens is 214 g/mol. The number of hydrazine groups is 1. The van der Waals surface area contributed by atoms with Gasteiger partial charge in [0.15, 0.2) is 5.84 Å². The van der Waals surface area contributed by atoms with Crippen LogP contribution < -0.4 is 11.3 Å². The van der Waals surface area contributed by atoms with E-state index in [0.29, 0.717) is 17.6 Å². The molecule has 1 saturated carbocycles. The maximum atomic E-state index is 5.48. The van der Waals surface area contributed by atoms with E-state index in [9.17, 15) is 0 Å². The van der Waals surface area contributed by atoms with Crippen molar-refractivity contribution in [2.24, 2.45) is 10.8 Å². The third-order valence-electron chi connectivity index (χ3n) is 2.69.